The molecule has 0 aromatic carbocycles. The average molecular weight is 1190 g/mol. The minimum atomic E-state index is -1.89. The molecule has 25 nitrogen and oxygen atoms in total. The number of ether oxygens (including phenoxy) is 10. The maximum Gasteiger partial charge on any atom is 0.315 e. The van der Waals surface area contributed by atoms with Crippen molar-refractivity contribution in [2.45, 2.75) is 266 Å². The molecule has 0 aromatic rings. The minimum Gasteiger partial charge on any atom is -0.432 e. The quantitative estimate of drug-likeness (QED) is 0.0572. The standard InChI is InChI=1S/C58H92O25/c1-23-11-16-58(53(73)83-51-44(71)40(67)37(64)30(79-51)22-75-48-45(72)41(68)46(29(20-59)78-48)81-49-42(69)38(65)34(61)24(2)76-49)18-17-56(7)26(27(58)19-23)9-10-32-55(6)14-13-33(54(4,5)31(55)12-15-57(32,56)8)80-52-47(36(63)28(60)21-74-52)82-50-43(70)39(66)35(62)25(3)77-50/h9,24-25,27-52,59-72H,1,10-22H2,2-8H3/t24-,25-,27-,28-,29+,30+,31-,32+,33-,34-,35-,36-,37-,38+,39+,40-,41-,42+,43+,44+,45+,46-,47+,48+,49-,50-,51-,52-,55-,56+,57+,58-/m0/s1. The molecule has 14 N–H and O–H groups in total. The summed E-state index contributed by atoms with van der Waals surface area (Å²) in [4.78, 5) is 15.1. The topological polar surface area (TPSA) is 393 Å². The van der Waals surface area contributed by atoms with Crippen LogP contribution >= 0.6 is 0 Å². The maximum atomic E-state index is 15.1. The monoisotopic (exact) mass is 1190 g/mol. The third kappa shape index (κ3) is 10.7. The number of esters is 1. The maximum absolute atomic E-state index is 15.1. The van der Waals surface area contributed by atoms with Crippen molar-refractivity contribution in [3.63, 3.8) is 0 Å². The van der Waals surface area contributed by atoms with Crippen LogP contribution in [0.4, 0.5) is 0 Å². The summed E-state index contributed by atoms with van der Waals surface area (Å²) in [5.74, 6) is -0.574. The van der Waals surface area contributed by atoms with Gasteiger partial charge in [0.25, 0.3) is 0 Å². The molecule has 5 aliphatic carbocycles. The molecule has 5 saturated heterocycles. The molecule has 0 aromatic heterocycles. The smallest absolute Gasteiger partial charge is 0.315 e. The largest absolute Gasteiger partial charge is 0.432 e. The number of rotatable bonds is 12. The van der Waals surface area contributed by atoms with E-state index in [0.29, 0.717) is 38.5 Å². The van der Waals surface area contributed by atoms with Crippen molar-refractivity contribution in [3.05, 3.63) is 23.8 Å². The van der Waals surface area contributed by atoms with Gasteiger partial charge in [-0.1, -0.05) is 58.4 Å². The van der Waals surface area contributed by atoms with Gasteiger partial charge in [0.15, 0.2) is 25.2 Å². The van der Waals surface area contributed by atoms with E-state index in [1.165, 1.54) is 19.4 Å². The van der Waals surface area contributed by atoms with Crippen molar-refractivity contribution >= 4 is 5.97 Å². The van der Waals surface area contributed by atoms with E-state index in [1.807, 2.05) is 0 Å². The molecule has 0 spiro atoms. The highest BCUT2D eigenvalue weighted by Gasteiger charge is 2.70. The molecule has 10 rings (SSSR count). The van der Waals surface area contributed by atoms with Crippen molar-refractivity contribution in [2.75, 3.05) is 19.8 Å². The summed E-state index contributed by atoms with van der Waals surface area (Å²) in [6.45, 7) is 17.2. The predicted molar refractivity (Wildman–Crippen MR) is 282 cm³/mol. The first-order valence-electron chi connectivity index (χ1n) is 29.8. The highest BCUT2D eigenvalue weighted by Crippen LogP contribution is 2.75. The number of hydrogen-bond donors (Lipinski definition) is 14. The fraction of sp³-hybridized carbons (Fsp3) is 0.914. The first-order chi connectivity index (χ1) is 38.9. The summed E-state index contributed by atoms with van der Waals surface area (Å²) in [7, 11) is 0. The van der Waals surface area contributed by atoms with Gasteiger partial charge in [0.1, 0.15) is 104 Å². The molecule has 25 heteroatoms. The molecule has 474 valence electrons. The molecule has 0 bridgehead atoms. The predicted octanol–water partition coefficient (Wildman–Crippen LogP) is -1.99. The number of aliphatic hydroxyl groups excluding tert-OH is 14. The van der Waals surface area contributed by atoms with Gasteiger partial charge in [-0.05, 0) is 112 Å². The van der Waals surface area contributed by atoms with Crippen LogP contribution in [-0.2, 0) is 52.2 Å². The molecule has 5 heterocycles. The second kappa shape index (κ2) is 23.8. The lowest BCUT2D eigenvalue weighted by molar-refractivity contribution is -0.364. The van der Waals surface area contributed by atoms with Gasteiger partial charge in [-0.25, -0.2) is 0 Å². The van der Waals surface area contributed by atoms with Crippen LogP contribution in [0.25, 0.3) is 0 Å². The number of fused-ring (bicyclic) bond motifs is 7. The van der Waals surface area contributed by atoms with Crippen molar-refractivity contribution < 1.29 is 124 Å². The van der Waals surface area contributed by atoms with Crippen molar-refractivity contribution in [3.8, 4) is 0 Å². The van der Waals surface area contributed by atoms with Crippen LogP contribution in [0.1, 0.15) is 113 Å². The van der Waals surface area contributed by atoms with Gasteiger partial charge in [-0.15, -0.1) is 0 Å². The average Bonchev–Trinajstić information content (AvgIpc) is 0.778. The summed E-state index contributed by atoms with van der Waals surface area (Å²) >= 11 is 0. The van der Waals surface area contributed by atoms with E-state index < -0.39 is 177 Å². The van der Waals surface area contributed by atoms with Gasteiger partial charge in [-0.2, -0.15) is 0 Å². The van der Waals surface area contributed by atoms with Crippen molar-refractivity contribution in [2.24, 2.45) is 44.8 Å². The van der Waals surface area contributed by atoms with E-state index in [4.69, 9.17) is 47.4 Å². The van der Waals surface area contributed by atoms with Crippen molar-refractivity contribution in [1.82, 2.24) is 0 Å². The Hall–Kier alpha value is -1.97. The Morgan fingerprint density at radius 1 is 0.602 bits per heavy atom. The summed E-state index contributed by atoms with van der Waals surface area (Å²) in [6, 6.07) is 0. The lowest BCUT2D eigenvalue weighted by Gasteiger charge is -2.71. The molecule has 0 unspecified atom stereocenters. The molecule has 5 aliphatic heterocycles. The fourth-order valence-electron chi connectivity index (χ4n) is 17.1. The number of carbonyl (C=O) groups is 1. The van der Waals surface area contributed by atoms with Crippen LogP contribution in [0, 0.1) is 44.8 Å². The van der Waals surface area contributed by atoms with Crippen LogP contribution in [0.5, 0.6) is 0 Å². The Labute approximate surface area is 483 Å². The van der Waals surface area contributed by atoms with E-state index in [1.54, 1.807) is 0 Å². The molecule has 4 saturated carbocycles. The molecular formula is C58H92O25. The molecule has 0 radical (unpaired) electrons. The van der Waals surface area contributed by atoms with Crippen LogP contribution in [0.2, 0.25) is 0 Å². The molecule has 9 fully saturated rings. The highest BCUT2D eigenvalue weighted by atomic mass is 16.8. The third-order valence-corrected chi connectivity index (χ3v) is 22.5. The Morgan fingerprint density at radius 2 is 1.19 bits per heavy atom. The summed E-state index contributed by atoms with van der Waals surface area (Å²) in [5.41, 5.74) is -0.119. The van der Waals surface area contributed by atoms with E-state index in [9.17, 15) is 71.5 Å². The van der Waals surface area contributed by atoms with Gasteiger partial charge >= 0.3 is 5.97 Å². The van der Waals surface area contributed by atoms with Crippen LogP contribution < -0.4 is 0 Å². The second-order valence-corrected chi connectivity index (χ2v) is 27.2. The fourth-order valence-corrected chi connectivity index (χ4v) is 17.1. The number of allylic oxidation sites excluding steroid dienone is 3. The summed E-state index contributed by atoms with van der Waals surface area (Å²) in [6.07, 6.45) is -28.6. The molecule has 83 heavy (non-hydrogen) atoms. The molecule has 0 amide bonds. The molecule has 10 aliphatic rings. The zero-order valence-electron chi connectivity index (χ0n) is 48.4. The van der Waals surface area contributed by atoms with Gasteiger partial charge in [0.2, 0.25) is 6.29 Å². The summed E-state index contributed by atoms with van der Waals surface area (Å²) in [5, 5.41) is 151. The summed E-state index contributed by atoms with van der Waals surface area (Å²) < 4.78 is 59.4. The Bertz CT molecular complexity index is 2340. The van der Waals surface area contributed by atoms with Crippen LogP contribution in [0.3, 0.4) is 0 Å². The number of carbonyl (C=O) groups excluding carboxylic acids is 1. The number of hydrogen-bond acceptors (Lipinski definition) is 25. The third-order valence-electron chi connectivity index (χ3n) is 22.5. The Balaban J connectivity index is 0.815. The lowest BCUT2D eigenvalue weighted by atomic mass is 9.34. The normalized spacial score (nSPS) is 54.5. The van der Waals surface area contributed by atoms with Gasteiger partial charge in [0, 0.05) is 5.92 Å². The first-order valence-corrected chi connectivity index (χ1v) is 29.8. The van der Waals surface area contributed by atoms with Gasteiger partial charge < -0.3 is 119 Å². The van der Waals surface area contributed by atoms with Gasteiger partial charge in [-0.3, -0.25) is 4.79 Å². The SMILES string of the molecule is C=C1CC[C@]2(C(=O)O[C@@H]3O[C@H](CO[C@@H]4O[C@H](CO)[C@H](O[C@@H]5O[C@@H](C)[C@H](O)[C@@H](O)[C@H]5O)[C@@H](O)[C@H]4O)[C@H](O)[C@H](O)[C@H]3O)CC[C@]3(C)C(=CC[C@@H]4[C@@]5(C)CC[C@H](O[C@@H]6OC[C@H](O)[C@H](O)[C@H]6O[C@@H]6O[C@@H](C)[C@H](O)[C@@H](O)[C@H]6O)C(C)(C)[C@@H]5CC[C@]43C)[C@@H]2C1. The second-order valence-electron chi connectivity index (χ2n) is 27.2. The van der Waals surface area contributed by atoms with E-state index >= 15 is 4.79 Å². The van der Waals surface area contributed by atoms with Crippen LogP contribution in [-0.4, -0.2) is 251 Å². The minimum absolute atomic E-state index is 0.161. The Morgan fingerprint density at radius 3 is 1.83 bits per heavy atom. The number of aliphatic hydroxyl groups is 14. The van der Waals surface area contributed by atoms with Gasteiger partial charge in [0.05, 0.1) is 43.5 Å². The zero-order valence-corrected chi connectivity index (χ0v) is 48.4. The molecular weight excluding hydrogens is 1100 g/mol. The van der Waals surface area contributed by atoms with Crippen LogP contribution in [0.15, 0.2) is 23.8 Å². The first kappa shape index (κ1) is 64.0. The van der Waals surface area contributed by atoms with E-state index in [0.717, 1.165) is 31.3 Å². The molecule has 32 atom stereocenters. The lowest BCUT2D eigenvalue weighted by Crippen LogP contribution is -2.66. The van der Waals surface area contributed by atoms with E-state index in [2.05, 4.69) is 47.3 Å². The Kier molecular flexibility index (Phi) is 18.3. The zero-order chi connectivity index (χ0) is 60.4. The highest BCUT2D eigenvalue weighted by molar-refractivity contribution is 5.79. The van der Waals surface area contributed by atoms with E-state index in [-0.39, 0.29) is 46.7 Å². The van der Waals surface area contributed by atoms with Crippen molar-refractivity contribution in [1.29, 1.82) is 0 Å².